The number of hydrogen-bond donors (Lipinski definition) is 1. The van der Waals surface area contributed by atoms with Crippen LogP contribution in [0.4, 0.5) is 9.18 Å². The van der Waals surface area contributed by atoms with Crippen LogP contribution in [0.3, 0.4) is 0 Å². The molecule has 1 aliphatic rings. The maximum atomic E-state index is 14.4. The Balaban J connectivity index is 1.67. The first-order chi connectivity index (χ1) is 17.0. The molecule has 0 radical (unpaired) electrons. The highest BCUT2D eigenvalue weighted by Crippen LogP contribution is 2.42. The second kappa shape index (κ2) is 10.9. The van der Waals surface area contributed by atoms with E-state index in [-0.39, 0.29) is 18.9 Å². The van der Waals surface area contributed by atoms with Crippen molar-refractivity contribution in [2.24, 2.45) is 0 Å². The monoisotopic (exact) mass is 481 g/mol. The van der Waals surface area contributed by atoms with Gasteiger partial charge in [0.25, 0.3) is 0 Å². The van der Waals surface area contributed by atoms with Crippen LogP contribution in [0.2, 0.25) is 0 Å². The van der Waals surface area contributed by atoms with Gasteiger partial charge in [0.2, 0.25) is 0 Å². The molecule has 3 aromatic carbocycles. The summed E-state index contributed by atoms with van der Waals surface area (Å²) in [7, 11) is 1.55. The van der Waals surface area contributed by atoms with Gasteiger partial charge in [-0.1, -0.05) is 42.5 Å². The number of carbonyl (C=O) groups is 2. The minimum atomic E-state index is -1.18. The molecule has 1 N–H and O–H groups in total. The van der Waals surface area contributed by atoms with E-state index in [1.807, 2.05) is 42.5 Å². The van der Waals surface area contributed by atoms with Gasteiger partial charge in [-0.05, 0) is 41.8 Å². The number of methoxy groups -OCH3 is 1. The van der Waals surface area contributed by atoms with Crippen molar-refractivity contribution in [2.45, 2.75) is 19.1 Å². The predicted octanol–water partition coefficient (Wildman–Crippen LogP) is 4.51. The fourth-order valence-corrected chi connectivity index (χ4v) is 4.07. The standard InChI is InChI=1S/C26H24FNO7/c1-32-22-9-5-8-20-19(22)12-13-28(35-26(31)34-15-17-6-3-2-4-7-17)25(20)21-14-18(27)10-11-23(21)33-16-24(29)30/h2-11,14,25H,12-13,15-16H2,1H3,(H,29,30). The third-order valence-electron chi connectivity index (χ3n) is 5.56. The normalized spacial score (nSPS) is 15.1. The summed E-state index contributed by atoms with van der Waals surface area (Å²) in [5.74, 6) is -0.934. The Morgan fingerprint density at radius 2 is 1.83 bits per heavy atom. The summed E-state index contributed by atoms with van der Waals surface area (Å²) in [4.78, 5) is 29.2. The van der Waals surface area contributed by atoms with Crippen LogP contribution in [0.5, 0.6) is 11.5 Å². The number of carbonyl (C=O) groups excluding carboxylic acids is 1. The fraction of sp³-hybridized carbons (Fsp3) is 0.231. The van der Waals surface area contributed by atoms with Gasteiger partial charge in [-0.25, -0.2) is 14.0 Å². The molecule has 0 spiro atoms. The smallest absolute Gasteiger partial charge is 0.496 e. The zero-order valence-electron chi connectivity index (χ0n) is 19.0. The van der Waals surface area contributed by atoms with Crippen molar-refractivity contribution < 1.29 is 38.1 Å². The van der Waals surface area contributed by atoms with Gasteiger partial charge in [-0.15, -0.1) is 5.06 Å². The van der Waals surface area contributed by atoms with E-state index in [0.29, 0.717) is 23.3 Å². The van der Waals surface area contributed by atoms with Gasteiger partial charge in [-0.2, -0.15) is 0 Å². The van der Waals surface area contributed by atoms with E-state index in [1.54, 1.807) is 13.2 Å². The maximum Gasteiger partial charge on any atom is 0.528 e. The number of nitrogens with zero attached hydrogens (tertiary/aromatic N) is 1. The van der Waals surface area contributed by atoms with Gasteiger partial charge in [0.05, 0.1) is 7.11 Å². The lowest BCUT2D eigenvalue weighted by Gasteiger charge is -2.36. The predicted molar refractivity (Wildman–Crippen MR) is 122 cm³/mol. The molecule has 0 saturated heterocycles. The molecule has 182 valence electrons. The molecule has 1 aliphatic heterocycles. The Kier molecular flexibility index (Phi) is 7.47. The number of carboxylic acids is 1. The van der Waals surface area contributed by atoms with Gasteiger partial charge < -0.3 is 24.2 Å². The summed E-state index contributed by atoms with van der Waals surface area (Å²) in [5.41, 5.74) is 2.67. The Labute approximate surface area is 201 Å². The molecule has 0 amide bonds. The summed E-state index contributed by atoms with van der Waals surface area (Å²) in [6.45, 7) is -0.334. The molecule has 3 aromatic rings. The Hall–Kier alpha value is -4.11. The lowest BCUT2D eigenvalue weighted by atomic mass is 9.88. The van der Waals surface area contributed by atoms with Crippen LogP contribution in [-0.4, -0.2) is 42.6 Å². The lowest BCUT2D eigenvalue weighted by molar-refractivity contribution is -0.152. The van der Waals surface area contributed by atoms with Crippen LogP contribution in [0.15, 0.2) is 66.7 Å². The molecule has 0 bridgehead atoms. The first-order valence-corrected chi connectivity index (χ1v) is 10.9. The molecule has 0 fully saturated rings. The van der Waals surface area contributed by atoms with Gasteiger partial charge in [0, 0.05) is 17.7 Å². The Morgan fingerprint density at radius 3 is 2.57 bits per heavy atom. The average Bonchev–Trinajstić information content (AvgIpc) is 2.86. The second-order valence-corrected chi connectivity index (χ2v) is 7.80. The third-order valence-corrected chi connectivity index (χ3v) is 5.56. The van der Waals surface area contributed by atoms with Crippen molar-refractivity contribution in [1.29, 1.82) is 0 Å². The highest BCUT2D eigenvalue weighted by atomic mass is 19.1. The van der Waals surface area contributed by atoms with Crippen LogP contribution in [0.1, 0.15) is 28.3 Å². The molecule has 8 nitrogen and oxygen atoms in total. The van der Waals surface area contributed by atoms with E-state index in [1.165, 1.54) is 23.3 Å². The quantitative estimate of drug-likeness (QED) is 0.470. The van der Waals surface area contributed by atoms with Crippen molar-refractivity contribution in [1.82, 2.24) is 5.06 Å². The minimum absolute atomic E-state index is 0.0233. The largest absolute Gasteiger partial charge is 0.528 e. The first-order valence-electron chi connectivity index (χ1n) is 10.9. The molecule has 1 atom stereocenters. The molecule has 9 heteroatoms. The van der Waals surface area contributed by atoms with E-state index >= 15 is 0 Å². The van der Waals surface area contributed by atoms with Gasteiger partial charge in [0.15, 0.2) is 6.61 Å². The van der Waals surface area contributed by atoms with Crippen molar-refractivity contribution in [3.63, 3.8) is 0 Å². The highest BCUT2D eigenvalue weighted by molar-refractivity contribution is 5.68. The van der Waals surface area contributed by atoms with Crippen molar-refractivity contribution in [3.8, 4) is 11.5 Å². The zero-order valence-corrected chi connectivity index (χ0v) is 19.0. The maximum absolute atomic E-state index is 14.4. The summed E-state index contributed by atoms with van der Waals surface area (Å²) in [6.07, 6.45) is -0.433. The highest BCUT2D eigenvalue weighted by Gasteiger charge is 2.36. The fourth-order valence-electron chi connectivity index (χ4n) is 4.07. The summed E-state index contributed by atoms with van der Waals surface area (Å²) in [5, 5.41) is 10.5. The molecule has 0 saturated carbocycles. The van der Waals surface area contributed by atoms with E-state index < -0.39 is 30.6 Å². The number of carboxylic acid groups (broad SMARTS) is 1. The molecule has 35 heavy (non-hydrogen) atoms. The van der Waals surface area contributed by atoms with Crippen molar-refractivity contribution in [2.75, 3.05) is 20.3 Å². The van der Waals surface area contributed by atoms with E-state index in [0.717, 1.165) is 11.1 Å². The average molecular weight is 481 g/mol. The number of hydrogen-bond acceptors (Lipinski definition) is 7. The number of fused-ring (bicyclic) bond motifs is 1. The Morgan fingerprint density at radius 1 is 1.03 bits per heavy atom. The topological polar surface area (TPSA) is 94.5 Å². The second-order valence-electron chi connectivity index (χ2n) is 7.80. The van der Waals surface area contributed by atoms with Gasteiger partial charge in [-0.3, -0.25) is 0 Å². The molecule has 4 rings (SSSR count). The van der Waals surface area contributed by atoms with Crippen molar-refractivity contribution in [3.05, 3.63) is 94.8 Å². The SMILES string of the molecule is COc1cccc2c1CCN(OC(=O)OCc1ccccc1)C2c1cc(F)ccc1OCC(=O)O. The summed E-state index contributed by atoms with van der Waals surface area (Å²) >= 11 is 0. The molecule has 1 heterocycles. The molecule has 0 aliphatic carbocycles. The minimum Gasteiger partial charge on any atom is -0.496 e. The third kappa shape index (κ3) is 5.70. The van der Waals surface area contributed by atoms with Crippen LogP contribution in [0, 0.1) is 5.82 Å². The molecular weight excluding hydrogens is 457 g/mol. The number of halogens is 1. The van der Waals surface area contributed by atoms with Gasteiger partial charge in [0.1, 0.15) is 30.0 Å². The van der Waals surface area contributed by atoms with Crippen LogP contribution < -0.4 is 9.47 Å². The lowest BCUT2D eigenvalue weighted by Crippen LogP contribution is -2.38. The van der Waals surface area contributed by atoms with E-state index in [2.05, 4.69) is 0 Å². The van der Waals surface area contributed by atoms with Crippen molar-refractivity contribution >= 4 is 12.1 Å². The number of ether oxygens (including phenoxy) is 3. The molecule has 1 unspecified atom stereocenters. The van der Waals surface area contributed by atoms with Crippen LogP contribution in [-0.2, 0) is 27.4 Å². The van der Waals surface area contributed by atoms with E-state index in [4.69, 9.17) is 24.2 Å². The number of aliphatic carboxylic acids is 1. The zero-order chi connectivity index (χ0) is 24.8. The summed E-state index contributed by atoms with van der Waals surface area (Å²) in [6, 6.07) is 17.5. The number of hydroxylamine groups is 2. The van der Waals surface area contributed by atoms with Crippen LogP contribution in [0.25, 0.3) is 0 Å². The van der Waals surface area contributed by atoms with Crippen LogP contribution >= 0.6 is 0 Å². The summed E-state index contributed by atoms with van der Waals surface area (Å²) < 4.78 is 30.6. The molecule has 0 aromatic heterocycles. The Bertz CT molecular complexity index is 1200. The number of rotatable bonds is 8. The van der Waals surface area contributed by atoms with E-state index in [9.17, 15) is 14.0 Å². The molecular formula is C26H24FNO7. The number of benzene rings is 3. The van der Waals surface area contributed by atoms with Gasteiger partial charge >= 0.3 is 12.1 Å². The first kappa shape index (κ1) is 24.0.